The van der Waals surface area contributed by atoms with E-state index in [1.807, 2.05) is 0 Å². The van der Waals surface area contributed by atoms with Crippen molar-refractivity contribution in [1.82, 2.24) is 19.6 Å². The molecule has 1 saturated heterocycles. The molecule has 2 aromatic rings. The van der Waals surface area contributed by atoms with Gasteiger partial charge in [-0.3, -0.25) is 9.69 Å². The van der Waals surface area contributed by atoms with Gasteiger partial charge in [-0.2, -0.15) is 4.68 Å². The van der Waals surface area contributed by atoms with Gasteiger partial charge in [0.2, 0.25) is 5.91 Å². The Morgan fingerprint density at radius 3 is 2.64 bits per heavy atom. The minimum Gasteiger partial charge on any atom is -0.358 e. The number of carbonyl (C=O) groups is 1. The SMILES string of the molecule is Cc1cc([N+](=O)[O-])nn1CCC(=O)N1CCN(Cc2c(F)cccc2Cl)CC1. The van der Waals surface area contributed by atoms with Crippen molar-refractivity contribution in [1.29, 1.82) is 0 Å². The van der Waals surface area contributed by atoms with E-state index in [9.17, 15) is 19.3 Å². The fraction of sp³-hybridized carbons (Fsp3) is 0.444. The van der Waals surface area contributed by atoms with Crippen LogP contribution in [0.25, 0.3) is 0 Å². The predicted molar refractivity (Wildman–Crippen MR) is 102 cm³/mol. The third kappa shape index (κ3) is 4.66. The zero-order chi connectivity index (χ0) is 20.3. The Bertz CT molecular complexity index is 860. The van der Waals surface area contributed by atoms with Crippen LogP contribution in [0.4, 0.5) is 10.2 Å². The van der Waals surface area contributed by atoms with E-state index in [2.05, 4.69) is 10.00 Å². The van der Waals surface area contributed by atoms with E-state index in [-0.39, 0.29) is 24.0 Å². The van der Waals surface area contributed by atoms with E-state index >= 15 is 0 Å². The second-order valence-corrected chi connectivity index (χ2v) is 7.14. The maximum absolute atomic E-state index is 13.9. The lowest BCUT2D eigenvalue weighted by atomic mass is 10.1. The van der Waals surface area contributed by atoms with Gasteiger partial charge in [-0.15, -0.1) is 0 Å². The first-order chi connectivity index (χ1) is 13.3. The van der Waals surface area contributed by atoms with Crippen LogP contribution in [0.1, 0.15) is 17.7 Å². The Morgan fingerprint density at radius 1 is 1.32 bits per heavy atom. The maximum Gasteiger partial charge on any atom is 0.390 e. The van der Waals surface area contributed by atoms with Gasteiger partial charge in [0.15, 0.2) is 0 Å². The molecular formula is C18H21ClFN5O3. The minimum absolute atomic E-state index is 0.0267. The number of aryl methyl sites for hydroxylation is 2. The van der Waals surface area contributed by atoms with Crippen LogP contribution >= 0.6 is 11.6 Å². The van der Waals surface area contributed by atoms with Gasteiger partial charge in [-0.25, -0.2) is 4.39 Å². The van der Waals surface area contributed by atoms with Crippen LogP contribution in [0.2, 0.25) is 5.02 Å². The summed E-state index contributed by atoms with van der Waals surface area (Å²) in [5, 5.41) is 15.1. The number of piperazine rings is 1. The molecule has 1 aromatic heterocycles. The lowest BCUT2D eigenvalue weighted by molar-refractivity contribution is -0.389. The van der Waals surface area contributed by atoms with Crippen LogP contribution in [-0.2, 0) is 17.9 Å². The molecule has 1 aliphatic heterocycles. The summed E-state index contributed by atoms with van der Waals surface area (Å²) >= 11 is 6.08. The fourth-order valence-electron chi connectivity index (χ4n) is 3.23. The highest BCUT2D eigenvalue weighted by molar-refractivity contribution is 6.31. The normalized spacial score (nSPS) is 15.0. The van der Waals surface area contributed by atoms with Crippen molar-refractivity contribution in [3.05, 3.63) is 56.5 Å². The average Bonchev–Trinajstić information content (AvgIpc) is 3.04. The molecule has 8 nitrogen and oxygen atoms in total. The highest BCUT2D eigenvalue weighted by Crippen LogP contribution is 2.21. The van der Waals surface area contributed by atoms with Gasteiger partial charge >= 0.3 is 5.82 Å². The number of rotatable bonds is 6. The van der Waals surface area contributed by atoms with Gasteiger partial charge in [0, 0.05) is 49.7 Å². The molecule has 0 radical (unpaired) electrons. The zero-order valence-electron chi connectivity index (χ0n) is 15.5. The van der Waals surface area contributed by atoms with Crippen LogP contribution in [0, 0.1) is 22.9 Å². The number of benzene rings is 1. The fourth-order valence-corrected chi connectivity index (χ4v) is 3.45. The molecule has 0 spiro atoms. The van der Waals surface area contributed by atoms with Gasteiger partial charge < -0.3 is 15.0 Å². The van der Waals surface area contributed by atoms with Crippen molar-refractivity contribution in [2.75, 3.05) is 26.2 Å². The summed E-state index contributed by atoms with van der Waals surface area (Å²) in [4.78, 5) is 26.5. The number of aromatic nitrogens is 2. The number of nitro groups is 1. The molecule has 10 heteroatoms. The molecule has 0 unspecified atom stereocenters. The Morgan fingerprint density at radius 2 is 2.04 bits per heavy atom. The number of halogens is 2. The van der Waals surface area contributed by atoms with E-state index in [1.54, 1.807) is 24.0 Å². The Labute approximate surface area is 166 Å². The van der Waals surface area contributed by atoms with Crippen LogP contribution in [0.3, 0.4) is 0 Å². The van der Waals surface area contributed by atoms with Crippen LogP contribution in [0.5, 0.6) is 0 Å². The maximum atomic E-state index is 13.9. The molecule has 3 rings (SSSR count). The second kappa shape index (κ2) is 8.66. The van der Waals surface area contributed by atoms with Gasteiger partial charge in [0.05, 0.1) is 23.4 Å². The number of hydrogen-bond acceptors (Lipinski definition) is 5. The monoisotopic (exact) mass is 409 g/mol. The third-order valence-corrected chi connectivity index (χ3v) is 5.22. The summed E-state index contributed by atoms with van der Waals surface area (Å²) in [6, 6.07) is 6.02. The van der Waals surface area contributed by atoms with E-state index in [0.717, 1.165) is 0 Å². The van der Waals surface area contributed by atoms with E-state index in [4.69, 9.17) is 11.6 Å². The smallest absolute Gasteiger partial charge is 0.358 e. The van der Waals surface area contributed by atoms with Gasteiger partial charge in [-0.05, 0) is 24.0 Å². The molecule has 0 saturated carbocycles. The lowest BCUT2D eigenvalue weighted by Gasteiger charge is -2.35. The number of amides is 1. The predicted octanol–water partition coefficient (Wildman–Crippen LogP) is 2.63. The van der Waals surface area contributed by atoms with Crippen molar-refractivity contribution in [2.24, 2.45) is 0 Å². The van der Waals surface area contributed by atoms with Crippen LogP contribution in [0.15, 0.2) is 24.3 Å². The van der Waals surface area contributed by atoms with Crippen molar-refractivity contribution < 1.29 is 14.1 Å². The summed E-state index contributed by atoms with van der Waals surface area (Å²) in [5.74, 6) is -0.568. The Balaban J connectivity index is 1.49. The highest BCUT2D eigenvalue weighted by Gasteiger charge is 2.23. The summed E-state index contributed by atoms with van der Waals surface area (Å²) in [7, 11) is 0. The first-order valence-electron chi connectivity index (χ1n) is 8.97. The largest absolute Gasteiger partial charge is 0.390 e. The third-order valence-electron chi connectivity index (χ3n) is 4.86. The molecule has 2 heterocycles. The molecular weight excluding hydrogens is 389 g/mol. The molecule has 28 heavy (non-hydrogen) atoms. The molecule has 0 aliphatic carbocycles. The molecule has 0 atom stereocenters. The molecule has 1 aromatic carbocycles. The zero-order valence-corrected chi connectivity index (χ0v) is 16.2. The van der Waals surface area contributed by atoms with Gasteiger partial charge in [-0.1, -0.05) is 17.7 Å². The minimum atomic E-state index is -0.549. The van der Waals surface area contributed by atoms with E-state index in [1.165, 1.54) is 16.8 Å². The lowest BCUT2D eigenvalue weighted by Crippen LogP contribution is -2.48. The van der Waals surface area contributed by atoms with Crippen molar-refractivity contribution in [2.45, 2.75) is 26.4 Å². The van der Waals surface area contributed by atoms with E-state index < -0.39 is 4.92 Å². The number of hydrogen-bond donors (Lipinski definition) is 0. The van der Waals surface area contributed by atoms with Crippen LogP contribution < -0.4 is 0 Å². The quantitative estimate of drug-likeness (QED) is 0.541. The summed E-state index contributed by atoms with van der Waals surface area (Å²) in [5.41, 5.74) is 1.12. The molecule has 1 amide bonds. The standard InChI is InChI=1S/C18H21ClFN5O3/c1-13-11-17(25(27)28)21-24(13)6-5-18(26)23-9-7-22(8-10-23)12-14-15(19)3-2-4-16(14)20/h2-4,11H,5-10,12H2,1H3. The molecule has 1 fully saturated rings. The van der Waals surface area contributed by atoms with Crippen LogP contribution in [-0.4, -0.2) is 56.6 Å². The van der Waals surface area contributed by atoms with Crippen molar-refractivity contribution in [3.8, 4) is 0 Å². The molecule has 150 valence electrons. The van der Waals surface area contributed by atoms with Gasteiger partial charge in [0.1, 0.15) is 5.82 Å². The summed E-state index contributed by atoms with van der Waals surface area (Å²) < 4.78 is 15.4. The van der Waals surface area contributed by atoms with Crippen molar-refractivity contribution >= 4 is 23.3 Å². The molecule has 1 aliphatic rings. The number of carbonyl (C=O) groups excluding carboxylic acids is 1. The first-order valence-corrected chi connectivity index (χ1v) is 9.35. The van der Waals surface area contributed by atoms with Crippen molar-refractivity contribution in [3.63, 3.8) is 0 Å². The average molecular weight is 410 g/mol. The second-order valence-electron chi connectivity index (χ2n) is 6.73. The van der Waals surface area contributed by atoms with Gasteiger partial charge in [0.25, 0.3) is 0 Å². The topological polar surface area (TPSA) is 84.5 Å². The summed E-state index contributed by atoms with van der Waals surface area (Å²) in [6.45, 7) is 4.77. The Hall–Kier alpha value is -2.52. The molecule has 0 bridgehead atoms. The Kier molecular flexibility index (Phi) is 6.25. The summed E-state index contributed by atoms with van der Waals surface area (Å²) in [6.07, 6.45) is 0.221. The molecule has 0 N–H and O–H groups in total. The van der Waals surface area contributed by atoms with E-state index in [0.29, 0.717) is 55.5 Å². The number of nitrogens with zero attached hydrogens (tertiary/aromatic N) is 5. The highest BCUT2D eigenvalue weighted by atomic mass is 35.5. The first kappa shape index (κ1) is 20.2.